The molecule has 0 unspecified atom stereocenters. The molecule has 0 atom stereocenters. The molecule has 17 heavy (non-hydrogen) atoms. The topological polar surface area (TPSA) is 44.1 Å². The van der Waals surface area contributed by atoms with Crippen LogP contribution in [0.4, 0.5) is 0 Å². The molecule has 0 fully saturated rings. The number of hydrogen-bond acceptors (Lipinski definition) is 3. The van der Waals surface area contributed by atoms with Crippen molar-refractivity contribution in [1.29, 1.82) is 0 Å². The molecule has 0 aliphatic rings. The first-order valence-corrected chi connectivity index (χ1v) is 5.50. The fourth-order valence-corrected chi connectivity index (χ4v) is 1.65. The van der Waals surface area contributed by atoms with Crippen molar-refractivity contribution < 1.29 is 9.53 Å². The smallest absolute Gasteiger partial charge is 0.338 e. The Morgan fingerprint density at radius 1 is 1.47 bits per heavy atom. The van der Waals surface area contributed by atoms with Crippen molar-refractivity contribution >= 4 is 5.97 Å². The molecule has 0 N–H and O–H groups in total. The second-order valence-corrected chi connectivity index (χ2v) is 3.62. The van der Waals surface area contributed by atoms with E-state index in [1.54, 1.807) is 25.3 Å². The van der Waals surface area contributed by atoms with E-state index >= 15 is 0 Å². The van der Waals surface area contributed by atoms with E-state index in [-0.39, 0.29) is 5.97 Å². The van der Waals surface area contributed by atoms with Crippen molar-refractivity contribution in [2.45, 2.75) is 13.8 Å². The summed E-state index contributed by atoms with van der Waals surface area (Å²) in [6.45, 7) is 4.09. The number of esters is 1. The Morgan fingerprint density at radius 3 is 2.94 bits per heavy atom. The molecule has 4 nitrogen and oxygen atoms in total. The maximum Gasteiger partial charge on any atom is 0.338 e. The number of nitrogens with zero attached hydrogens (tertiary/aromatic N) is 2. The van der Waals surface area contributed by atoms with Crippen LogP contribution in [0.2, 0.25) is 0 Å². The second-order valence-electron chi connectivity index (χ2n) is 3.62. The predicted molar refractivity (Wildman–Crippen MR) is 64.3 cm³/mol. The van der Waals surface area contributed by atoms with Gasteiger partial charge in [0.2, 0.25) is 0 Å². The summed E-state index contributed by atoms with van der Waals surface area (Å²) >= 11 is 0. The summed E-state index contributed by atoms with van der Waals surface area (Å²) in [5.41, 5.74) is 1.46. The van der Waals surface area contributed by atoms with Crippen LogP contribution < -0.4 is 0 Å². The summed E-state index contributed by atoms with van der Waals surface area (Å²) in [7, 11) is 0. The fraction of sp³-hybridized carbons (Fsp3) is 0.231. The Hall–Kier alpha value is -2.10. The first kappa shape index (κ1) is 11.4. The normalized spacial score (nSPS) is 10.2. The summed E-state index contributed by atoms with van der Waals surface area (Å²) in [5.74, 6) is 0.582. The molecule has 2 aromatic rings. The minimum atomic E-state index is -0.299. The number of rotatable bonds is 3. The van der Waals surface area contributed by atoms with Crippen molar-refractivity contribution in [3.05, 3.63) is 48.0 Å². The molecule has 1 aromatic carbocycles. The van der Waals surface area contributed by atoms with E-state index in [0.717, 1.165) is 11.5 Å². The zero-order valence-electron chi connectivity index (χ0n) is 9.88. The summed E-state index contributed by atoms with van der Waals surface area (Å²) in [6.07, 6.45) is 3.59. The molecule has 1 aromatic heterocycles. The third-order valence-corrected chi connectivity index (χ3v) is 2.46. The average molecular weight is 230 g/mol. The van der Waals surface area contributed by atoms with Crippen LogP contribution in [0.5, 0.6) is 0 Å². The van der Waals surface area contributed by atoms with Gasteiger partial charge in [-0.2, -0.15) is 0 Å². The van der Waals surface area contributed by atoms with Gasteiger partial charge in [0.25, 0.3) is 0 Å². The van der Waals surface area contributed by atoms with Crippen LogP contribution in [0.3, 0.4) is 0 Å². The lowest BCUT2D eigenvalue weighted by Crippen LogP contribution is -2.05. The predicted octanol–water partition coefficient (Wildman–Crippen LogP) is 2.36. The number of imidazole rings is 1. The first-order chi connectivity index (χ1) is 8.22. The minimum absolute atomic E-state index is 0.299. The quantitative estimate of drug-likeness (QED) is 0.760. The van der Waals surface area contributed by atoms with Gasteiger partial charge in [-0.3, -0.25) is 0 Å². The highest BCUT2D eigenvalue weighted by Gasteiger charge is 2.08. The number of benzene rings is 1. The lowest BCUT2D eigenvalue weighted by atomic mass is 10.2. The molecular formula is C13H14N2O2. The van der Waals surface area contributed by atoms with E-state index < -0.39 is 0 Å². The van der Waals surface area contributed by atoms with Gasteiger partial charge >= 0.3 is 5.97 Å². The van der Waals surface area contributed by atoms with E-state index in [4.69, 9.17) is 4.74 Å². The Bertz CT molecular complexity index is 532. The molecule has 0 saturated carbocycles. The number of aryl methyl sites for hydroxylation is 1. The van der Waals surface area contributed by atoms with Crippen molar-refractivity contribution in [1.82, 2.24) is 9.55 Å². The Labute approximate surface area is 99.9 Å². The molecule has 0 aliphatic carbocycles. The molecule has 1 heterocycles. The molecule has 2 rings (SSSR count). The number of ether oxygens (including phenoxy) is 1. The van der Waals surface area contributed by atoms with Crippen LogP contribution in [-0.4, -0.2) is 22.1 Å². The van der Waals surface area contributed by atoms with Crippen molar-refractivity contribution in [2.24, 2.45) is 0 Å². The van der Waals surface area contributed by atoms with E-state index in [1.807, 2.05) is 29.8 Å². The number of hydrogen-bond donors (Lipinski definition) is 0. The van der Waals surface area contributed by atoms with Crippen LogP contribution in [-0.2, 0) is 4.74 Å². The lowest BCUT2D eigenvalue weighted by molar-refractivity contribution is 0.0526. The van der Waals surface area contributed by atoms with Crippen molar-refractivity contribution in [2.75, 3.05) is 6.61 Å². The van der Waals surface area contributed by atoms with Crippen LogP contribution in [0, 0.1) is 6.92 Å². The third kappa shape index (κ3) is 2.36. The highest BCUT2D eigenvalue weighted by Crippen LogP contribution is 2.13. The molecule has 88 valence electrons. The highest BCUT2D eigenvalue weighted by molar-refractivity contribution is 5.90. The second kappa shape index (κ2) is 4.82. The van der Waals surface area contributed by atoms with Crippen LogP contribution in [0.25, 0.3) is 5.69 Å². The van der Waals surface area contributed by atoms with Gasteiger partial charge in [-0.25, -0.2) is 9.78 Å². The molecule has 0 saturated heterocycles. The van der Waals surface area contributed by atoms with Gasteiger partial charge < -0.3 is 9.30 Å². The largest absolute Gasteiger partial charge is 0.462 e. The van der Waals surface area contributed by atoms with Crippen molar-refractivity contribution in [3.63, 3.8) is 0 Å². The molecule has 0 bridgehead atoms. The summed E-state index contributed by atoms with van der Waals surface area (Å²) in [5, 5.41) is 0. The zero-order valence-corrected chi connectivity index (χ0v) is 9.88. The fourth-order valence-electron chi connectivity index (χ4n) is 1.65. The van der Waals surface area contributed by atoms with Gasteiger partial charge in [0, 0.05) is 18.1 Å². The van der Waals surface area contributed by atoms with Gasteiger partial charge in [0.05, 0.1) is 12.2 Å². The van der Waals surface area contributed by atoms with Gasteiger partial charge in [0.1, 0.15) is 5.82 Å². The molecular weight excluding hydrogens is 216 g/mol. The maximum absolute atomic E-state index is 11.6. The van der Waals surface area contributed by atoms with E-state index in [0.29, 0.717) is 12.2 Å². The van der Waals surface area contributed by atoms with Gasteiger partial charge in [-0.05, 0) is 32.0 Å². The van der Waals surface area contributed by atoms with Gasteiger partial charge in [-0.1, -0.05) is 6.07 Å². The number of aromatic nitrogens is 2. The average Bonchev–Trinajstić information content (AvgIpc) is 2.76. The highest BCUT2D eigenvalue weighted by atomic mass is 16.5. The molecule has 0 spiro atoms. The minimum Gasteiger partial charge on any atom is -0.462 e. The van der Waals surface area contributed by atoms with Crippen LogP contribution >= 0.6 is 0 Å². The SMILES string of the molecule is CCOC(=O)c1cccc(-n2ccnc2C)c1. The Morgan fingerprint density at radius 2 is 2.29 bits per heavy atom. The molecule has 0 radical (unpaired) electrons. The van der Waals surface area contributed by atoms with E-state index in [1.165, 1.54) is 0 Å². The summed E-state index contributed by atoms with van der Waals surface area (Å²) < 4.78 is 6.89. The molecule has 0 amide bonds. The van der Waals surface area contributed by atoms with Crippen LogP contribution in [0.15, 0.2) is 36.7 Å². The van der Waals surface area contributed by atoms with Gasteiger partial charge in [0.15, 0.2) is 0 Å². The van der Waals surface area contributed by atoms with E-state index in [9.17, 15) is 4.79 Å². The number of carbonyl (C=O) groups is 1. The van der Waals surface area contributed by atoms with Crippen LogP contribution in [0.1, 0.15) is 23.1 Å². The first-order valence-electron chi connectivity index (χ1n) is 5.50. The van der Waals surface area contributed by atoms with Gasteiger partial charge in [-0.15, -0.1) is 0 Å². The zero-order chi connectivity index (χ0) is 12.3. The van der Waals surface area contributed by atoms with Crippen molar-refractivity contribution in [3.8, 4) is 5.69 Å². The molecule has 0 aliphatic heterocycles. The maximum atomic E-state index is 11.6. The third-order valence-electron chi connectivity index (χ3n) is 2.46. The Kier molecular flexibility index (Phi) is 3.23. The van der Waals surface area contributed by atoms with E-state index in [2.05, 4.69) is 4.98 Å². The summed E-state index contributed by atoms with van der Waals surface area (Å²) in [6, 6.07) is 7.30. The molecule has 4 heteroatoms. The summed E-state index contributed by atoms with van der Waals surface area (Å²) in [4.78, 5) is 15.8. The lowest BCUT2D eigenvalue weighted by Gasteiger charge is -2.07. The standard InChI is InChI=1S/C13H14N2O2/c1-3-17-13(16)11-5-4-6-12(9-11)15-8-7-14-10(15)2/h4-9H,3H2,1-2H3. The number of carbonyl (C=O) groups excluding carboxylic acids is 1. The monoisotopic (exact) mass is 230 g/mol. The Balaban J connectivity index is 2.35.